The molecule has 4 saturated carbocycles. The van der Waals surface area contributed by atoms with Crippen molar-refractivity contribution >= 4 is 16.8 Å². The highest BCUT2D eigenvalue weighted by Crippen LogP contribution is 2.55. The van der Waals surface area contributed by atoms with Gasteiger partial charge in [-0.05, 0) is 120 Å². The molecule has 5 aliphatic rings. The van der Waals surface area contributed by atoms with Gasteiger partial charge in [-0.2, -0.15) is 0 Å². The minimum Gasteiger partial charge on any atom is -0.392 e. The highest BCUT2D eigenvalue weighted by Gasteiger charge is 2.51. The number of carbonyl (C=O) groups is 1. The van der Waals surface area contributed by atoms with Crippen molar-refractivity contribution in [3.63, 3.8) is 0 Å². The Morgan fingerprint density at radius 1 is 0.786 bits per heavy atom. The number of carbonyl (C=O) groups excluding carboxylic acids is 1. The minimum atomic E-state index is -0.542. The van der Waals surface area contributed by atoms with E-state index >= 15 is 0 Å². The van der Waals surface area contributed by atoms with Crippen LogP contribution >= 0.6 is 0 Å². The summed E-state index contributed by atoms with van der Waals surface area (Å²) >= 11 is 0. The van der Waals surface area contributed by atoms with Gasteiger partial charge in [0, 0.05) is 36.7 Å². The molecule has 7 heteroatoms. The van der Waals surface area contributed by atoms with E-state index in [4.69, 9.17) is 9.47 Å². The molecule has 0 aromatic heterocycles. The summed E-state index contributed by atoms with van der Waals surface area (Å²) in [5.41, 5.74) is 7.46. The smallest absolute Gasteiger partial charge is 0.315 e. The van der Waals surface area contributed by atoms with Crippen LogP contribution in [0.2, 0.25) is 0 Å². The van der Waals surface area contributed by atoms with E-state index in [-0.39, 0.29) is 36.4 Å². The summed E-state index contributed by atoms with van der Waals surface area (Å²) in [5, 5.41) is 18.8. The quantitative estimate of drug-likeness (QED) is 0.125. The van der Waals surface area contributed by atoms with Crippen molar-refractivity contribution in [2.45, 2.75) is 95.1 Å². The maximum atomic E-state index is 13.3. The van der Waals surface area contributed by atoms with Gasteiger partial charge in [0.15, 0.2) is 6.29 Å². The van der Waals surface area contributed by atoms with Gasteiger partial charge in [-0.1, -0.05) is 109 Å². The second-order valence-corrected chi connectivity index (χ2v) is 17.4. The van der Waals surface area contributed by atoms with E-state index in [1.807, 2.05) is 18.2 Å². The number of benzene rings is 5. The molecule has 290 valence electrons. The molecule has 5 aromatic rings. The van der Waals surface area contributed by atoms with Gasteiger partial charge in [0.1, 0.15) is 0 Å². The molecule has 5 fully saturated rings. The van der Waals surface area contributed by atoms with Gasteiger partial charge in [-0.3, -0.25) is 4.90 Å². The Labute approximate surface area is 331 Å². The molecule has 4 bridgehead atoms. The number of rotatable bonds is 11. The van der Waals surface area contributed by atoms with Crippen LogP contribution in [0.15, 0.2) is 115 Å². The Morgan fingerprint density at radius 2 is 1.45 bits per heavy atom. The number of likely N-dealkylation sites (N-methyl/N-ethyl adjacent to an activating group) is 1. The van der Waals surface area contributed by atoms with Crippen LogP contribution in [0.5, 0.6) is 0 Å². The van der Waals surface area contributed by atoms with Crippen LogP contribution in [0.1, 0.15) is 98.1 Å². The zero-order valence-electron chi connectivity index (χ0n) is 32.7. The third kappa shape index (κ3) is 7.88. The molecule has 0 spiro atoms. The van der Waals surface area contributed by atoms with Crippen molar-refractivity contribution in [3.8, 4) is 11.1 Å². The first-order chi connectivity index (χ1) is 27.3. The van der Waals surface area contributed by atoms with Crippen LogP contribution < -0.4 is 10.6 Å². The lowest BCUT2D eigenvalue weighted by molar-refractivity contribution is -0.253. The number of hydrogen-bond acceptors (Lipinski definition) is 5. The van der Waals surface area contributed by atoms with Crippen LogP contribution in [-0.2, 0) is 22.6 Å². The summed E-state index contributed by atoms with van der Waals surface area (Å²) < 4.78 is 13.5. The lowest BCUT2D eigenvalue weighted by atomic mass is 9.53. The number of amides is 2. The average molecular weight is 750 g/mol. The Bertz CT molecular complexity index is 2110. The van der Waals surface area contributed by atoms with Gasteiger partial charge in [0.2, 0.25) is 0 Å². The van der Waals surface area contributed by atoms with Crippen LogP contribution in [-0.4, -0.2) is 41.3 Å². The summed E-state index contributed by atoms with van der Waals surface area (Å²) in [6.07, 6.45) is 7.45. The zero-order valence-corrected chi connectivity index (χ0v) is 32.7. The second-order valence-electron chi connectivity index (χ2n) is 17.4. The van der Waals surface area contributed by atoms with Crippen LogP contribution in [0.25, 0.3) is 21.9 Å². The molecule has 1 saturated heterocycles. The first-order valence-corrected chi connectivity index (χ1v) is 20.7. The summed E-state index contributed by atoms with van der Waals surface area (Å²) in [6.45, 7) is 3.48. The van der Waals surface area contributed by atoms with Crippen LogP contribution in [0, 0.1) is 17.8 Å². The van der Waals surface area contributed by atoms with E-state index < -0.39 is 6.29 Å². The standard InChI is InChI=1S/C49H55N3O4/c1-32(41-20-15-37-7-3-4-8-42(37)24-41)52(2)30-44-25-46(39-13-11-33(31-53)12-14-39)56-47(55-44)40-18-16-38(17-19-40)45-10-6-5-9-43(45)29-50-48(54)51-49-26-34-21-35(27-49)23-36(22-34)28-49/h3-20,24,32,34-36,44,46-47,53H,21-23,25-31H2,1-2H3,(H2,50,51,54)/t32-,34?,35?,36?,44+,46-,47-,49?/m1/s1. The first kappa shape index (κ1) is 37.1. The van der Waals surface area contributed by atoms with E-state index in [1.165, 1.54) is 35.6 Å². The summed E-state index contributed by atoms with van der Waals surface area (Å²) in [4.78, 5) is 15.7. The van der Waals surface area contributed by atoms with E-state index in [0.717, 1.165) is 83.4 Å². The van der Waals surface area contributed by atoms with E-state index in [0.29, 0.717) is 6.54 Å². The lowest BCUT2D eigenvalue weighted by Gasteiger charge is -2.56. The average Bonchev–Trinajstić information content (AvgIpc) is 3.22. The first-order valence-electron chi connectivity index (χ1n) is 20.7. The predicted molar refractivity (Wildman–Crippen MR) is 222 cm³/mol. The zero-order chi connectivity index (χ0) is 38.2. The van der Waals surface area contributed by atoms with Crippen molar-refractivity contribution in [1.82, 2.24) is 15.5 Å². The maximum absolute atomic E-state index is 13.3. The predicted octanol–water partition coefficient (Wildman–Crippen LogP) is 10.0. The van der Waals surface area contributed by atoms with Gasteiger partial charge in [0.25, 0.3) is 0 Å². The molecule has 0 unspecified atom stereocenters. The Morgan fingerprint density at radius 3 is 2.16 bits per heavy atom. The van der Waals surface area contributed by atoms with Crippen molar-refractivity contribution in [1.29, 1.82) is 0 Å². The summed E-state index contributed by atoms with van der Waals surface area (Å²) in [6, 6.07) is 40.3. The lowest BCUT2D eigenvalue weighted by Crippen LogP contribution is -2.61. The highest BCUT2D eigenvalue weighted by molar-refractivity contribution is 5.83. The largest absolute Gasteiger partial charge is 0.392 e. The third-order valence-electron chi connectivity index (χ3n) is 13.4. The number of urea groups is 1. The van der Waals surface area contributed by atoms with E-state index in [9.17, 15) is 9.90 Å². The van der Waals surface area contributed by atoms with Gasteiger partial charge in [0.05, 0.1) is 18.8 Å². The summed E-state index contributed by atoms with van der Waals surface area (Å²) in [5.74, 6) is 2.36. The summed E-state index contributed by atoms with van der Waals surface area (Å²) in [7, 11) is 2.17. The van der Waals surface area contributed by atoms with Gasteiger partial charge >= 0.3 is 6.03 Å². The van der Waals surface area contributed by atoms with E-state index in [2.05, 4.69) is 127 Å². The normalized spacial score (nSPS) is 27.4. The van der Waals surface area contributed by atoms with Crippen LogP contribution in [0.4, 0.5) is 4.79 Å². The molecule has 10 rings (SSSR count). The number of nitrogens with one attached hydrogen (secondary N) is 2. The fourth-order valence-corrected chi connectivity index (χ4v) is 10.7. The van der Waals surface area contributed by atoms with Crippen molar-refractivity contribution in [2.75, 3.05) is 13.6 Å². The molecule has 0 radical (unpaired) electrons. The Balaban J connectivity index is 0.891. The Hall–Kier alpha value is -4.53. The Kier molecular flexibility index (Phi) is 10.4. The van der Waals surface area contributed by atoms with Gasteiger partial charge < -0.3 is 25.2 Å². The van der Waals surface area contributed by atoms with Crippen molar-refractivity contribution in [3.05, 3.63) is 143 Å². The second kappa shape index (κ2) is 15.8. The van der Waals surface area contributed by atoms with E-state index in [1.54, 1.807) is 0 Å². The number of hydrogen-bond donors (Lipinski definition) is 3. The van der Waals surface area contributed by atoms with Crippen LogP contribution in [0.3, 0.4) is 0 Å². The van der Waals surface area contributed by atoms with Gasteiger partial charge in [-0.25, -0.2) is 4.79 Å². The fourth-order valence-electron chi connectivity index (χ4n) is 10.7. The maximum Gasteiger partial charge on any atom is 0.315 e. The molecule has 4 aliphatic carbocycles. The fraction of sp³-hybridized carbons (Fsp3) is 0.408. The molecule has 1 heterocycles. The monoisotopic (exact) mass is 749 g/mol. The molecule has 56 heavy (non-hydrogen) atoms. The highest BCUT2D eigenvalue weighted by atomic mass is 16.7. The number of nitrogens with zero attached hydrogens (tertiary/aromatic N) is 1. The van der Waals surface area contributed by atoms with Crippen molar-refractivity contribution in [2.24, 2.45) is 17.8 Å². The number of ether oxygens (including phenoxy) is 2. The minimum absolute atomic E-state index is 0.0107. The molecule has 5 aromatic carbocycles. The number of aliphatic hydroxyl groups is 1. The number of fused-ring (bicyclic) bond motifs is 1. The topological polar surface area (TPSA) is 83.1 Å². The molecule has 3 N–H and O–H groups in total. The SMILES string of the molecule is C[C@H](c1ccc2ccccc2c1)N(C)C[C@@H]1C[C@H](c2ccc(CO)cc2)O[C@H](c2ccc(-c3ccccc3CNC(=O)NC34CC5CC(CC(C5)C3)C4)cc2)O1. The molecular weight excluding hydrogens is 695 g/mol. The molecular formula is C49H55N3O4. The molecule has 7 nitrogen and oxygen atoms in total. The van der Waals surface area contributed by atoms with Crippen molar-refractivity contribution < 1.29 is 19.4 Å². The third-order valence-corrected chi connectivity index (χ3v) is 13.4. The molecule has 4 atom stereocenters. The molecule has 2 amide bonds. The molecule has 1 aliphatic heterocycles. The number of aliphatic hydroxyl groups excluding tert-OH is 1. The van der Waals surface area contributed by atoms with Gasteiger partial charge in [-0.15, -0.1) is 0 Å².